The summed E-state index contributed by atoms with van der Waals surface area (Å²) in [7, 11) is 0. The number of hydrogen-bond donors (Lipinski definition) is 0. The summed E-state index contributed by atoms with van der Waals surface area (Å²) in [6.07, 6.45) is 1.75. The van der Waals surface area contributed by atoms with Gasteiger partial charge in [-0.05, 0) is 19.9 Å². The smallest absolute Gasteiger partial charge is 0.160 e. The Balaban J connectivity index is 2.41. The molecule has 0 aromatic rings. The zero-order valence-electron chi connectivity index (χ0n) is 6.39. The third-order valence-electron chi connectivity index (χ3n) is 1.47. The molecule has 0 aliphatic carbocycles. The van der Waals surface area contributed by atoms with E-state index in [4.69, 9.17) is 0 Å². The van der Waals surface area contributed by atoms with Gasteiger partial charge in [0.1, 0.15) is 0 Å². The van der Waals surface area contributed by atoms with E-state index in [0.29, 0.717) is 11.7 Å². The number of carbonyl (C=O) groups is 1. The first-order chi connectivity index (χ1) is 4.70. The van der Waals surface area contributed by atoms with E-state index in [1.54, 1.807) is 6.08 Å². The van der Waals surface area contributed by atoms with Crippen molar-refractivity contribution in [2.75, 3.05) is 11.5 Å². The van der Waals surface area contributed by atoms with Crippen molar-refractivity contribution in [1.29, 1.82) is 0 Å². The van der Waals surface area contributed by atoms with Crippen LogP contribution in [0.15, 0.2) is 11.6 Å². The summed E-state index contributed by atoms with van der Waals surface area (Å²) in [6.45, 7) is 3.92. The van der Waals surface area contributed by atoms with Crippen molar-refractivity contribution < 1.29 is 4.79 Å². The van der Waals surface area contributed by atoms with Crippen LogP contribution in [-0.2, 0) is 4.79 Å². The molecule has 10 heavy (non-hydrogen) atoms. The van der Waals surface area contributed by atoms with Gasteiger partial charge in [0, 0.05) is 17.4 Å². The molecule has 1 rings (SSSR count). The molecule has 2 heteroatoms. The maximum atomic E-state index is 11.1. The predicted molar refractivity (Wildman–Crippen MR) is 45.3 cm³/mol. The van der Waals surface area contributed by atoms with Crippen LogP contribution < -0.4 is 0 Å². The molecule has 1 nitrogen and oxygen atoms in total. The third-order valence-corrected chi connectivity index (χ3v) is 2.75. The molecular weight excluding hydrogens is 144 g/mol. The molecule has 56 valence electrons. The van der Waals surface area contributed by atoms with Gasteiger partial charge in [-0.15, -0.1) is 0 Å². The molecule has 0 unspecified atom stereocenters. The van der Waals surface area contributed by atoms with Gasteiger partial charge in [-0.3, -0.25) is 4.79 Å². The van der Waals surface area contributed by atoms with E-state index in [2.05, 4.69) is 0 Å². The van der Waals surface area contributed by atoms with E-state index in [1.807, 2.05) is 25.6 Å². The maximum absolute atomic E-state index is 11.1. The van der Waals surface area contributed by atoms with Gasteiger partial charge in [-0.1, -0.05) is 5.57 Å². The first kappa shape index (κ1) is 7.86. The normalized spacial score (nSPS) is 17.8. The molecule has 0 aromatic heterocycles. The Labute approximate surface area is 65.9 Å². The second-order valence-corrected chi connectivity index (χ2v) is 3.93. The Morgan fingerprint density at radius 2 is 2.10 bits per heavy atom. The fraction of sp³-hybridized carbons (Fsp3) is 0.625. The fourth-order valence-electron chi connectivity index (χ4n) is 0.802. The number of carbonyl (C=O) groups excluding carboxylic acids is 1. The largest absolute Gasteiger partial charge is 0.294 e. The monoisotopic (exact) mass is 156 g/mol. The van der Waals surface area contributed by atoms with Crippen LogP contribution in [0.25, 0.3) is 0 Å². The van der Waals surface area contributed by atoms with Gasteiger partial charge in [-0.2, -0.15) is 11.8 Å². The van der Waals surface area contributed by atoms with Gasteiger partial charge in [-0.25, -0.2) is 0 Å². The Morgan fingerprint density at radius 1 is 1.50 bits per heavy atom. The molecule has 0 atom stereocenters. The summed E-state index contributed by atoms with van der Waals surface area (Å²) in [5, 5.41) is 0. The van der Waals surface area contributed by atoms with Crippen molar-refractivity contribution >= 4 is 17.5 Å². The Kier molecular flexibility index (Phi) is 2.55. The van der Waals surface area contributed by atoms with Crippen LogP contribution in [0, 0.1) is 5.92 Å². The van der Waals surface area contributed by atoms with Crippen LogP contribution >= 0.6 is 11.8 Å². The van der Waals surface area contributed by atoms with Crippen LogP contribution in [0.4, 0.5) is 0 Å². The van der Waals surface area contributed by atoms with Gasteiger partial charge < -0.3 is 0 Å². The Morgan fingerprint density at radius 3 is 2.40 bits per heavy atom. The highest BCUT2D eigenvalue weighted by atomic mass is 32.2. The predicted octanol–water partition coefficient (Wildman–Crippen LogP) is 1.88. The van der Waals surface area contributed by atoms with E-state index < -0.39 is 0 Å². The minimum absolute atomic E-state index is 0.318. The van der Waals surface area contributed by atoms with Gasteiger partial charge in [0.2, 0.25) is 0 Å². The lowest BCUT2D eigenvalue weighted by molar-refractivity contribution is -0.117. The van der Waals surface area contributed by atoms with Crippen LogP contribution in [0.1, 0.15) is 13.8 Å². The quantitative estimate of drug-likeness (QED) is 0.568. The van der Waals surface area contributed by atoms with E-state index in [0.717, 1.165) is 17.1 Å². The third kappa shape index (κ3) is 1.87. The molecule has 1 saturated heterocycles. The topological polar surface area (TPSA) is 17.1 Å². The van der Waals surface area contributed by atoms with Crippen molar-refractivity contribution in [3.8, 4) is 0 Å². The average molecular weight is 156 g/mol. The SMILES string of the molecule is CC(C)=CC(=O)C1CSC1. The number of rotatable bonds is 2. The van der Waals surface area contributed by atoms with Crippen molar-refractivity contribution in [3.63, 3.8) is 0 Å². The van der Waals surface area contributed by atoms with Gasteiger partial charge >= 0.3 is 0 Å². The van der Waals surface area contributed by atoms with Crippen LogP contribution in [-0.4, -0.2) is 17.3 Å². The van der Waals surface area contributed by atoms with Gasteiger partial charge in [0.15, 0.2) is 5.78 Å². The lowest BCUT2D eigenvalue weighted by atomic mass is 10.1. The molecule has 1 heterocycles. The zero-order valence-corrected chi connectivity index (χ0v) is 7.20. The van der Waals surface area contributed by atoms with Crippen molar-refractivity contribution in [1.82, 2.24) is 0 Å². The van der Waals surface area contributed by atoms with Crippen LogP contribution in [0.3, 0.4) is 0 Å². The van der Waals surface area contributed by atoms with Gasteiger partial charge in [0.25, 0.3) is 0 Å². The van der Waals surface area contributed by atoms with Crippen LogP contribution in [0.2, 0.25) is 0 Å². The van der Waals surface area contributed by atoms with Crippen LogP contribution in [0.5, 0.6) is 0 Å². The number of thioether (sulfide) groups is 1. The van der Waals surface area contributed by atoms with E-state index >= 15 is 0 Å². The number of ketones is 1. The van der Waals surface area contributed by atoms with E-state index in [9.17, 15) is 4.79 Å². The molecular formula is C8H12OS. The highest BCUT2D eigenvalue weighted by molar-refractivity contribution is 8.00. The highest BCUT2D eigenvalue weighted by Gasteiger charge is 2.23. The lowest BCUT2D eigenvalue weighted by Crippen LogP contribution is -2.26. The summed E-state index contributed by atoms with van der Waals surface area (Å²) >= 11 is 1.85. The summed E-state index contributed by atoms with van der Waals surface area (Å²) in [5.41, 5.74) is 1.11. The second-order valence-electron chi connectivity index (χ2n) is 2.86. The Hall–Kier alpha value is -0.240. The molecule has 0 bridgehead atoms. The summed E-state index contributed by atoms with van der Waals surface area (Å²) < 4.78 is 0. The number of hydrogen-bond acceptors (Lipinski definition) is 2. The molecule has 0 spiro atoms. The molecule has 1 aliphatic heterocycles. The summed E-state index contributed by atoms with van der Waals surface area (Å²) in [6, 6.07) is 0. The lowest BCUT2D eigenvalue weighted by Gasteiger charge is -2.21. The highest BCUT2D eigenvalue weighted by Crippen LogP contribution is 2.25. The minimum atomic E-state index is 0.318. The average Bonchev–Trinajstić information content (AvgIpc) is 1.55. The van der Waals surface area contributed by atoms with E-state index in [-0.39, 0.29) is 0 Å². The van der Waals surface area contributed by atoms with Crippen molar-refractivity contribution in [2.45, 2.75) is 13.8 Å². The molecule has 0 aromatic carbocycles. The van der Waals surface area contributed by atoms with Gasteiger partial charge in [0.05, 0.1) is 0 Å². The molecule has 0 amide bonds. The number of allylic oxidation sites excluding steroid dienone is 2. The first-order valence-corrected chi connectivity index (χ1v) is 4.62. The first-order valence-electron chi connectivity index (χ1n) is 3.46. The Bertz CT molecular complexity index is 164. The van der Waals surface area contributed by atoms with Crippen molar-refractivity contribution in [3.05, 3.63) is 11.6 Å². The maximum Gasteiger partial charge on any atom is 0.160 e. The molecule has 0 N–H and O–H groups in total. The standard InChI is InChI=1S/C8H12OS/c1-6(2)3-8(9)7-4-10-5-7/h3,7H,4-5H2,1-2H3. The summed E-state index contributed by atoms with van der Waals surface area (Å²) in [4.78, 5) is 11.1. The second kappa shape index (κ2) is 3.24. The molecule has 1 fully saturated rings. The van der Waals surface area contributed by atoms with E-state index in [1.165, 1.54) is 0 Å². The molecule has 0 radical (unpaired) electrons. The summed E-state index contributed by atoms with van der Waals surface area (Å²) in [5.74, 6) is 2.71. The van der Waals surface area contributed by atoms with Crippen molar-refractivity contribution in [2.24, 2.45) is 5.92 Å². The molecule has 1 aliphatic rings. The zero-order chi connectivity index (χ0) is 7.56. The fourth-order valence-corrected chi connectivity index (χ4v) is 1.60. The minimum Gasteiger partial charge on any atom is -0.294 e. The molecule has 0 saturated carbocycles.